The molecule has 82 valence electrons. The fourth-order valence-electron chi connectivity index (χ4n) is 1.11. The van der Waals surface area contributed by atoms with Crippen LogP contribution in [0.3, 0.4) is 0 Å². The van der Waals surface area contributed by atoms with E-state index in [1.807, 2.05) is 0 Å². The first kappa shape index (κ1) is 9.95. The zero-order chi connectivity index (χ0) is 11.1. The number of carboxylic acid groups (broad SMARTS) is 1. The van der Waals surface area contributed by atoms with Gasteiger partial charge in [0.1, 0.15) is 5.54 Å². The molecule has 1 saturated carbocycles. The highest BCUT2D eigenvalue weighted by Gasteiger charge is 2.32. The van der Waals surface area contributed by atoms with Gasteiger partial charge in [0.25, 0.3) is 0 Å². The highest BCUT2D eigenvalue weighted by molar-refractivity contribution is 5.80. The molecule has 2 rings (SSSR count). The van der Waals surface area contributed by atoms with Crippen LogP contribution in [0, 0.1) is 0 Å². The minimum atomic E-state index is -1.10. The van der Waals surface area contributed by atoms with Crippen molar-refractivity contribution in [3.05, 3.63) is 5.82 Å². The molecule has 0 unspecified atom stereocenters. The van der Waals surface area contributed by atoms with Crippen LogP contribution in [0.5, 0.6) is 0 Å². The number of aliphatic carboxylic acids is 1. The van der Waals surface area contributed by atoms with Crippen molar-refractivity contribution in [1.82, 2.24) is 10.1 Å². The van der Waals surface area contributed by atoms with E-state index in [4.69, 9.17) is 9.63 Å². The number of carboxylic acids is 1. The maximum Gasteiger partial charge on any atom is 0.328 e. The molecule has 0 aromatic carbocycles. The third-order valence-electron chi connectivity index (χ3n) is 2.34. The molecule has 15 heavy (non-hydrogen) atoms. The van der Waals surface area contributed by atoms with Crippen molar-refractivity contribution in [3.63, 3.8) is 0 Å². The van der Waals surface area contributed by atoms with Gasteiger partial charge in [-0.2, -0.15) is 4.98 Å². The molecular formula is C9H13N3O3. The summed E-state index contributed by atoms with van der Waals surface area (Å²) in [5.41, 5.74) is -1.10. The zero-order valence-electron chi connectivity index (χ0n) is 8.65. The molecule has 0 radical (unpaired) electrons. The van der Waals surface area contributed by atoms with Gasteiger partial charge in [0.05, 0.1) is 0 Å². The molecule has 0 aliphatic heterocycles. The molecule has 1 aliphatic rings. The molecule has 1 aromatic heterocycles. The topological polar surface area (TPSA) is 88.3 Å². The standard InChI is InChI=1S/C9H13N3O3/c1-9(2,7(13)14)11-8-10-6(12-15-8)5-3-4-5/h5H,3-4H2,1-2H3,(H,13,14)(H,10,11,12). The van der Waals surface area contributed by atoms with Crippen LogP contribution < -0.4 is 5.32 Å². The molecule has 6 heteroatoms. The van der Waals surface area contributed by atoms with Crippen molar-refractivity contribution >= 4 is 12.0 Å². The van der Waals surface area contributed by atoms with Gasteiger partial charge in [-0.1, -0.05) is 5.16 Å². The number of carbonyl (C=O) groups is 1. The minimum Gasteiger partial charge on any atom is -0.480 e. The molecule has 1 aliphatic carbocycles. The Morgan fingerprint density at radius 3 is 2.80 bits per heavy atom. The Labute approximate surface area is 86.7 Å². The third-order valence-corrected chi connectivity index (χ3v) is 2.34. The summed E-state index contributed by atoms with van der Waals surface area (Å²) < 4.78 is 4.92. The lowest BCUT2D eigenvalue weighted by Gasteiger charge is -2.18. The minimum absolute atomic E-state index is 0.171. The number of nitrogens with one attached hydrogen (secondary N) is 1. The average Bonchev–Trinajstić information content (AvgIpc) is 2.88. The van der Waals surface area contributed by atoms with Gasteiger partial charge in [0.2, 0.25) is 0 Å². The first-order valence-electron chi connectivity index (χ1n) is 4.84. The second-order valence-corrected chi connectivity index (χ2v) is 4.29. The van der Waals surface area contributed by atoms with Gasteiger partial charge in [-0.15, -0.1) is 0 Å². The van der Waals surface area contributed by atoms with Crippen molar-refractivity contribution in [3.8, 4) is 0 Å². The number of nitrogens with zero attached hydrogens (tertiary/aromatic N) is 2. The van der Waals surface area contributed by atoms with E-state index < -0.39 is 11.5 Å². The van der Waals surface area contributed by atoms with E-state index in [1.54, 1.807) is 0 Å². The van der Waals surface area contributed by atoms with Crippen LogP contribution >= 0.6 is 0 Å². The second-order valence-electron chi connectivity index (χ2n) is 4.29. The summed E-state index contributed by atoms with van der Waals surface area (Å²) in [4.78, 5) is 14.9. The van der Waals surface area contributed by atoms with Crippen LogP contribution in [0.25, 0.3) is 0 Å². The summed E-state index contributed by atoms with van der Waals surface area (Å²) in [6.07, 6.45) is 2.17. The summed E-state index contributed by atoms with van der Waals surface area (Å²) in [5, 5.41) is 15.3. The van der Waals surface area contributed by atoms with Gasteiger partial charge in [-0.25, -0.2) is 4.79 Å². The molecule has 0 amide bonds. The van der Waals surface area contributed by atoms with Gasteiger partial charge in [0.15, 0.2) is 5.82 Å². The number of rotatable bonds is 4. The largest absolute Gasteiger partial charge is 0.480 e. The van der Waals surface area contributed by atoms with Crippen molar-refractivity contribution in [2.45, 2.75) is 38.1 Å². The Kier molecular flexibility index (Phi) is 2.13. The van der Waals surface area contributed by atoms with Gasteiger partial charge in [-0.3, -0.25) is 0 Å². The Morgan fingerprint density at radius 2 is 2.27 bits per heavy atom. The second kappa shape index (κ2) is 3.22. The van der Waals surface area contributed by atoms with E-state index in [9.17, 15) is 4.79 Å². The Bertz CT molecular complexity index is 382. The average molecular weight is 211 g/mol. The molecule has 1 aromatic rings. The monoisotopic (exact) mass is 211 g/mol. The molecule has 0 atom stereocenters. The summed E-state index contributed by atoms with van der Waals surface area (Å²) in [5.74, 6) is 0.101. The number of anilines is 1. The van der Waals surface area contributed by atoms with Crippen molar-refractivity contribution in [2.24, 2.45) is 0 Å². The fourth-order valence-corrected chi connectivity index (χ4v) is 1.11. The van der Waals surface area contributed by atoms with E-state index in [2.05, 4.69) is 15.5 Å². The lowest BCUT2D eigenvalue weighted by Crippen LogP contribution is -2.40. The van der Waals surface area contributed by atoms with Crippen LogP contribution in [-0.4, -0.2) is 26.8 Å². The van der Waals surface area contributed by atoms with Crippen LogP contribution in [0.4, 0.5) is 6.01 Å². The zero-order valence-corrected chi connectivity index (χ0v) is 8.65. The Balaban J connectivity index is 2.06. The van der Waals surface area contributed by atoms with Crippen LogP contribution in [0.1, 0.15) is 38.4 Å². The summed E-state index contributed by atoms with van der Waals surface area (Å²) in [7, 11) is 0. The third kappa shape index (κ3) is 2.08. The SMILES string of the molecule is CC(C)(Nc1nc(C2CC2)no1)C(=O)O. The predicted molar refractivity (Wildman–Crippen MR) is 51.6 cm³/mol. The highest BCUT2D eigenvalue weighted by atomic mass is 16.5. The molecule has 6 nitrogen and oxygen atoms in total. The van der Waals surface area contributed by atoms with E-state index in [1.165, 1.54) is 13.8 Å². The van der Waals surface area contributed by atoms with Crippen LogP contribution in [-0.2, 0) is 4.79 Å². The molecule has 0 saturated heterocycles. The smallest absolute Gasteiger partial charge is 0.328 e. The van der Waals surface area contributed by atoms with E-state index in [-0.39, 0.29) is 6.01 Å². The van der Waals surface area contributed by atoms with E-state index in [0.717, 1.165) is 12.8 Å². The van der Waals surface area contributed by atoms with Crippen molar-refractivity contribution in [1.29, 1.82) is 0 Å². The van der Waals surface area contributed by atoms with Gasteiger partial charge in [-0.05, 0) is 26.7 Å². The van der Waals surface area contributed by atoms with Crippen LogP contribution in [0.2, 0.25) is 0 Å². The maximum absolute atomic E-state index is 10.8. The van der Waals surface area contributed by atoms with E-state index in [0.29, 0.717) is 11.7 Å². The lowest BCUT2D eigenvalue weighted by atomic mass is 10.1. The molecule has 0 spiro atoms. The van der Waals surface area contributed by atoms with Crippen LogP contribution in [0.15, 0.2) is 4.52 Å². The molecule has 1 heterocycles. The predicted octanol–water partition coefficient (Wildman–Crippen LogP) is 1.22. The lowest BCUT2D eigenvalue weighted by molar-refractivity contribution is -0.141. The summed E-state index contributed by atoms with van der Waals surface area (Å²) in [6.45, 7) is 3.08. The van der Waals surface area contributed by atoms with Gasteiger partial charge < -0.3 is 14.9 Å². The van der Waals surface area contributed by atoms with Crippen molar-refractivity contribution < 1.29 is 14.4 Å². The Hall–Kier alpha value is -1.59. The fraction of sp³-hybridized carbons (Fsp3) is 0.667. The van der Waals surface area contributed by atoms with E-state index >= 15 is 0 Å². The quantitative estimate of drug-likeness (QED) is 0.778. The highest BCUT2D eigenvalue weighted by Crippen LogP contribution is 2.38. The number of hydrogen-bond acceptors (Lipinski definition) is 5. The van der Waals surface area contributed by atoms with Gasteiger partial charge >= 0.3 is 12.0 Å². The molecule has 1 fully saturated rings. The molecule has 2 N–H and O–H groups in total. The number of hydrogen-bond donors (Lipinski definition) is 2. The molecule has 0 bridgehead atoms. The Morgan fingerprint density at radius 1 is 1.60 bits per heavy atom. The first-order chi connectivity index (χ1) is 6.99. The molecular weight excluding hydrogens is 198 g/mol. The maximum atomic E-state index is 10.8. The first-order valence-corrected chi connectivity index (χ1v) is 4.84. The number of aromatic nitrogens is 2. The van der Waals surface area contributed by atoms with Crippen molar-refractivity contribution in [2.75, 3.05) is 5.32 Å². The van der Waals surface area contributed by atoms with Gasteiger partial charge in [0, 0.05) is 5.92 Å². The summed E-state index contributed by atoms with van der Waals surface area (Å²) in [6, 6.07) is 0.171. The normalized spacial score (nSPS) is 16.4. The summed E-state index contributed by atoms with van der Waals surface area (Å²) >= 11 is 0.